The number of hydrogen-bond donors (Lipinski definition) is 1. The molecular formula is C23H28N2O2. The molecule has 6 rings (SSSR count). The van der Waals surface area contributed by atoms with Gasteiger partial charge in [0.05, 0.1) is 11.5 Å². The Morgan fingerprint density at radius 2 is 1.85 bits per heavy atom. The first kappa shape index (κ1) is 16.1. The Kier molecular flexibility index (Phi) is 2.96. The Balaban J connectivity index is 1.18. The lowest BCUT2D eigenvalue weighted by atomic mass is 9.65. The summed E-state index contributed by atoms with van der Waals surface area (Å²) >= 11 is 0. The third-order valence-corrected chi connectivity index (χ3v) is 8.64. The number of carbonyl (C=O) groups excluding carboxylic acids is 2. The average Bonchev–Trinajstić information content (AvgIpc) is 3.47. The molecule has 2 heterocycles. The largest absolute Gasteiger partial charge is 0.350 e. The Morgan fingerprint density at radius 1 is 1.11 bits per heavy atom. The highest BCUT2D eigenvalue weighted by Crippen LogP contribution is 2.60. The van der Waals surface area contributed by atoms with E-state index in [1.807, 2.05) is 0 Å². The van der Waals surface area contributed by atoms with Crippen LogP contribution in [0.3, 0.4) is 0 Å². The number of nitrogens with one attached hydrogen (secondary N) is 1. The molecule has 2 saturated heterocycles. The van der Waals surface area contributed by atoms with Crippen molar-refractivity contribution in [1.29, 1.82) is 0 Å². The normalized spacial score (nSPS) is 40.5. The van der Waals surface area contributed by atoms with Crippen LogP contribution in [0.2, 0.25) is 0 Å². The molecule has 0 aromatic heterocycles. The first-order valence-corrected chi connectivity index (χ1v) is 10.7. The Hall–Kier alpha value is -1.84. The molecule has 4 nitrogen and oxygen atoms in total. The van der Waals surface area contributed by atoms with Gasteiger partial charge in [-0.3, -0.25) is 9.59 Å². The molecular weight excluding hydrogens is 336 g/mol. The molecule has 142 valence electrons. The fraction of sp³-hybridized carbons (Fsp3) is 0.652. The van der Waals surface area contributed by atoms with E-state index in [1.54, 1.807) is 0 Å². The third kappa shape index (κ3) is 2.16. The number of hydrogen-bond acceptors (Lipinski definition) is 2. The van der Waals surface area contributed by atoms with E-state index in [0.29, 0.717) is 17.8 Å². The van der Waals surface area contributed by atoms with Crippen LogP contribution in [-0.2, 0) is 20.4 Å². The monoisotopic (exact) mass is 364 g/mol. The zero-order chi connectivity index (χ0) is 18.4. The van der Waals surface area contributed by atoms with Gasteiger partial charge < -0.3 is 10.2 Å². The van der Waals surface area contributed by atoms with Crippen LogP contribution in [-0.4, -0.2) is 35.3 Å². The van der Waals surface area contributed by atoms with Gasteiger partial charge in [-0.1, -0.05) is 31.2 Å². The summed E-state index contributed by atoms with van der Waals surface area (Å²) in [6.45, 7) is 4.12. The fourth-order valence-electron chi connectivity index (χ4n) is 6.18. The summed E-state index contributed by atoms with van der Waals surface area (Å²) in [5.74, 6) is 1.04. The van der Waals surface area contributed by atoms with E-state index in [1.165, 1.54) is 30.4 Å². The van der Waals surface area contributed by atoms with E-state index in [-0.39, 0.29) is 28.7 Å². The van der Waals surface area contributed by atoms with Gasteiger partial charge in [0.15, 0.2) is 0 Å². The quantitative estimate of drug-likeness (QED) is 0.897. The first-order chi connectivity index (χ1) is 12.9. The van der Waals surface area contributed by atoms with Crippen LogP contribution in [0.25, 0.3) is 0 Å². The minimum absolute atomic E-state index is 0.00990. The molecule has 5 fully saturated rings. The predicted molar refractivity (Wildman–Crippen MR) is 102 cm³/mol. The molecule has 1 spiro atoms. The molecule has 3 saturated carbocycles. The summed E-state index contributed by atoms with van der Waals surface area (Å²) < 4.78 is 0. The van der Waals surface area contributed by atoms with Crippen LogP contribution < -0.4 is 5.32 Å². The van der Waals surface area contributed by atoms with Gasteiger partial charge in [-0.2, -0.15) is 0 Å². The van der Waals surface area contributed by atoms with Crippen molar-refractivity contribution < 1.29 is 9.59 Å². The highest BCUT2D eigenvalue weighted by molar-refractivity contribution is 5.86. The predicted octanol–water partition coefficient (Wildman–Crippen LogP) is 2.90. The Labute approximate surface area is 160 Å². The number of rotatable bonds is 3. The molecule has 5 aliphatic rings. The topological polar surface area (TPSA) is 49.4 Å². The minimum atomic E-state index is -0.213. The molecule has 1 aromatic rings. The second kappa shape index (κ2) is 4.95. The minimum Gasteiger partial charge on any atom is -0.350 e. The van der Waals surface area contributed by atoms with Gasteiger partial charge in [0, 0.05) is 24.9 Å². The van der Waals surface area contributed by atoms with Crippen molar-refractivity contribution >= 4 is 11.8 Å². The van der Waals surface area contributed by atoms with Gasteiger partial charge >= 0.3 is 0 Å². The summed E-state index contributed by atoms with van der Waals surface area (Å²) in [7, 11) is 0. The molecule has 1 aromatic carbocycles. The van der Waals surface area contributed by atoms with Crippen molar-refractivity contribution in [3.8, 4) is 0 Å². The summed E-state index contributed by atoms with van der Waals surface area (Å²) in [5, 5.41) is 3.12. The van der Waals surface area contributed by atoms with E-state index >= 15 is 0 Å². The molecule has 27 heavy (non-hydrogen) atoms. The lowest BCUT2D eigenvalue weighted by Gasteiger charge is -2.47. The van der Waals surface area contributed by atoms with E-state index in [4.69, 9.17) is 0 Å². The van der Waals surface area contributed by atoms with Gasteiger partial charge in [0.25, 0.3) is 0 Å². The van der Waals surface area contributed by atoms with Crippen LogP contribution in [0.4, 0.5) is 0 Å². The molecule has 4 atom stereocenters. The van der Waals surface area contributed by atoms with E-state index in [2.05, 4.69) is 41.4 Å². The number of amides is 2. The van der Waals surface area contributed by atoms with Crippen molar-refractivity contribution in [2.45, 2.75) is 68.2 Å². The van der Waals surface area contributed by atoms with Crippen molar-refractivity contribution in [2.75, 3.05) is 13.1 Å². The standard InChI is InChI=1S/C23H28N2O2/c1-21(10-11-21)15-2-4-16(5-3-15)22-12-17(22)13-25(14-22)20(27)18-6-8-23(18)9-7-19(26)24-23/h2-5,17-18H,6-14H2,1H3,(H,24,26)/t17?,18?,22-,23?/m0/s1. The molecule has 2 amide bonds. The van der Waals surface area contributed by atoms with Gasteiger partial charge in [-0.25, -0.2) is 0 Å². The van der Waals surface area contributed by atoms with E-state index < -0.39 is 0 Å². The molecule has 4 heteroatoms. The second-order valence-corrected chi connectivity index (χ2v) is 10.2. The first-order valence-electron chi connectivity index (χ1n) is 10.7. The number of likely N-dealkylation sites (tertiary alicyclic amines) is 1. The lowest BCUT2D eigenvalue weighted by Crippen LogP contribution is -2.61. The summed E-state index contributed by atoms with van der Waals surface area (Å²) in [6, 6.07) is 9.31. The van der Waals surface area contributed by atoms with Crippen LogP contribution in [0.5, 0.6) is 0 Å². The van der Waals surface area contributed by atoms with Crippen LogP contribution >= 0.6 is 0 Å². The van der Waals surface area contributed by atoms with E-state index in [9.17, 15) is 9.59 Å². The summed E-state index contributed by atoms with van der Waals surface area (Å²) in [6.07, 6.45) is 7.16. The van der Waals surface area contributed by atoms with Crippen molar-refractivity contribution in [2.24, 2.45) is 11.8 Å². The van der Waals surface area contributed by atoms with Crippen molar-refractivity contribution in [1.82, 2.24) is 10.2 Å². The number of piperidine rings is 1. The zero-order valence-electron chi connectivity index (χ0n) is 16.1. The van der Waals surface area contributed by atoms with Crippen LogP contribution in [0, 0.1) is 11.8 Å². The number of fused-ring (bicyclic) bond motifs is 1. The highest BCUT2D eigenvalue weighted by atomic mass is 16.2. The van der Waals surface area contributed by atoms with Crippen molar-refractivity contribution in [3.05, 3.63) is 35.4 Å². The SMILES string of the molecule is CC1(c2ccc([C@@]34CC3CN(C(=O)C3CCC35CCC(=O)N5)C4)cc2)CC1. The molecule has 1 N–H and O–H groups in total. The van der Waals surface area contributed by atoms with Gasteiger partial charge in [-0.05, 0) is 61.0 Å². The van der Waals surface area contributed by atoms with E-state index in [0.717, 1.165) is 32.4 Å². The lowest BCUT2D eigenvalue weighted by molar-refractivity contribution is -0.143. The number of nitrogens with zero attached hydrogens (tertiary/aromatic N) is 1. The molecule has 0 radical (unpaired) electrons. The third-order valence-electron chi connectivity index (χ3n) is 8.64. The maximum atomic E-state index is 13.2. The maximum absolute atomic E-state index is 13.2. The number of carbonyl (C=O) groups is 2. The molecule has 3 aliphatic carbocycles. The Morgan fingerprint density at radius 3 is 2.44 bits per heavy atom. The highest BCUT2D eigenvalue weighted by Gasteiger charge is 2.63. The van der Waals surface area contributed by atoms with Gasteiger partial charge in [0.2, 0.25) is 11.8 Å². The van der Waals surface area contributed by atoms with Gasteiger partial charge in [0.1, 0.15) is 0 Å². The average molecular weight is 364 g/mol. The molecule has 2 aliphatic heterocycles. The summed E-state index contributed by atoms with van der Waals surface area (Å²) in [5.41, 5.74) is 3.30. The number of benzene rings is 1. The summed E-state index contributed by atoms with van der Waals surface area (Å²) in [4.78, 5) is 27.0. The molecule has 0 bridgehead atoms. The fourth-order valence-corrected chi connectivity index (χ4v) is 6.18. The Bertz CT molecular complexity index is 842. The van der Waals surface area contributed by atoms with Crippen LogP contribution in [0.15, 0.2) is 24.3 Å². The van der Waals surface area contributed by atoms with Crippen LogP contribution in [0.1, 0.15) is 63.0 Å². The molecule has 3 unspecified atom stereocenters. The van der Waals surface area contributed by atoms with Gasteiger partial charge in [-0.15, -0.1) is 0 Å². The second-order valence-electron chi connectivity index (χ2n) is 10.2. The maximum Gasteiger partial charge on any atom is 0.228 e. The zero-order valence-corrected chi connectivity index (χ0v) is 16.1. The van der Waals surface area contributed by atoms with Crippen molar-refractivity contribution in [3.63, 3.8) is 0 Å². The smallest absolute Gasteiger partial charge is 0.228 e.